The van der Waals surface area contributed by atoms with Crippen molar-refractivity contribution in [3.8, 4) is 0 Å². The van der Waals surface area contributed by atoms with Crippen molar-refractivity contribution in [3.05, 3.63) is 35.9 Å². The van der Waals surface area contributed by atoms with E-state index in [1.54, 1.807) is 30.6 Å². The number of carbonyl (C=O) groups is 3. The van der Waals surface area contributed by atoms with Gasteiger partial charge in [-0.3, -0.25) is 9.59 Å². The highest BCUT2D eigenvalue weighted by atomic mass is 16.6. The summed E-state index contributed by atoms with van der Waals surface area (Å²) in [6.07, 6.45) is 0.795. The molecule has 2 saturated heterocycles. The van der Waals surface area contributed by atoms with E-state index in [0.29, 0.717) is 32.5 Å². The third-order valence-electron chi connectivity index (χ3n) is 6.34. The highest BCUT2D eigenvalue weighted by Crippen LogP contribution is 2.49. The number of aliphatic hydroxyl groups is 1. The first-order chi connectivity index (χ1) is 15.1. The number of nitrogens with one attached hydrogen (secondary N) is 1. The molecule has 176 valence electrons. The van der Waals surface area contributed by atoms with E-state index in [2.05, 4.69) is 5.32 Å². The molecule has 8 nitrogen and oxygen atoms in total. The summed E-state index contributed by atoms with van der Waals surface area (Å²) < 4.78 is 5.29. The van der Waals surface area contributed by atoms with Crippen LogP contribution in [0.15, 0.2) is 30.3 Å². The van der Waals surface area contributed by atoms with Gasteiger partial charge >= 0.3 is 6.09 Å². The van der Waals surface area contributed by atoms with E-state index < -0.39 is 23.2 Å². The second-order valence-electron chi connectivity index (χ2n) is 9.88. The van der Waals surface area contributed by atoms with E-state index in [1.165, 1.54) is 0 Å². The van der Waals surface area contributed by atoms with Crippen molar-refractivity contribution in [2.45, 2.75) is 57.6 Å². The molecule has 1 aromatic carbocycles. The zero-order valence-electron chi connectivity index (χ0n) is 19.5. The number of nitrogens with zero attached hydrogens (tertiary/aromatic N) is 2. The van der Waals surface area contributed by atoms with Crippen LogP contribution in [0.5, 0.6) is 0 Å². The topological polar surface area (TPSA) is 99.2 Å². The zero-order valence-corrected chi connectivity index (χ0v) is 19.5. The van der Waals surface area contributed by atoms with Gasteiger partial charge in [0.1, 0.15) is 11.6 Å². The maximum Gasteiger partial charge on any atom is 0.408 e. The fourth-order valence-corrected chi connectivity index (χ4v) is 4.96. The number of ether oxygens (including phenoxy) is 1. The maximum absolute atomic E-state index is 13.4. The van der Waals surface area contributed by atoms with Crippen LogP contribution in [-0.2, 0) is 14.3 Å². The predicted molar refractivity (Wildman–Crippen MR) is 120 cm³/mol. The maximum atomic E-state index is 13.4. The van der Waals surface area contributed by atoms with E-state index in [9.17, 15) is 19.5 Å². The molecular formula is C24H35N3O5. The lowest BCUT2D eigenvalue weighted by Gasteiger charge is -2.43. The summed E-state index contributed by atoms with van der Waals surface area (Å²) in [5, 5.41) is 12.1. The Labute approximate surface area is 189 Å². The number of likely N-dealkylation sites (tertiary alicyclic amines) is 2. The van der Waals surface area contributed by atoms with Gasteiger partial charge in [0.25, 0.3) is 0 Å². The van der Waals surface area contributed by atoms with E-state index in [1.807, 2.05) is 37.4 Å². The lowest BCUT2D eigenvalue weighted by atomic mass is 9.69. The average molecular weight is 446 g/mol. The number of amides is 3. The van der Waals surface area contributed by atoms with E-state index in [4.69, 9.17) is 4.74 Å². The molecule has 0 radical (unpaired) electrons. The van der Waals surface area contributed by atoms with Gasteiger partial charge in [0.15, 0.2) is 0 Å². The van der Waals surface area contributed by atoms with Crippen molar-refractivity contribution in [2.24, 2.45) is 5.41 Å². The molecule has 2 aliphatic rings. The number of hydrogen-bond acceptors (Lipinski definition) is 5. The molecule has 0 bridgehead atoms. The summed E-state index contributed by atoms with van der Waals surface area (Å²) in [5.41, 5.74) is -0.284. The van der Waals surface area contributed by atoms with Crippen LogP contribution in [0.1, 0.15) is 51.5 Å². The molecule has 3 amide bonds. The third kappa shape index (κ3) is 5.06. The molecule has 32 heavy (non-hydrogen) atoms. The number of hydrogen-bond donors (Lipinski definition) is 2. The molecule has 2 heterocycles. The third-order valence-corrected chi connectivity index (χ3v) is 6.34. The van der Waals surface area contributed by atoms with Crippen LogP contribution in [0.2, 0.25) is 0 Å². The molecule has 0 unspecified atom stereocenters. The highest BCUT2D eigenvalue weighted by molar-refractivity contribution is 5.90. The number of benzene rings is 1. The van der Waals surface area contributed by atoms with Crippen molar-refractivity contribution in [2.75, 3.05) is 33.3 Å². The first-order valence-corrected chi connectivity index (χ1v) is 11.3. The minimum atomic E-state index is -0.908. The number of piperidine rings is 1. The SMILES string of the molecule is CN1C[C@@H](c2ccccc2)[C@@]2(CCCN(C(=O)[C@@H](CCO)NC(=O)OC(C)(C)C)C2)C1=O. The van der Waals surface area contributed by atoms with Gasteiger partial charge in [-0.05, 0) is 45.6 Å². The monoisotopic (exact) mass is 445 g/mol. The second-order valence-corrected chi connectivity index (χ2v) is 9.88. The van der Waals surface area contributed by atoms with Crippen molar-refractivity contribution >= 4 is 17.9 Å². The van der Waals surface area contributed by atoms with Crippen LogP contribution >= 0.6 is 0 Å². The first kappa shape index (κ1) is 24.0. The molecule has 8 heteroatoms. The predicted octanol–water partition coefficient (Wildman–Crippen LogP) is 2.13. The Balaban J connectivity index is 1.81. The van der Waals surface area contributed by atoms with Crippen LogP contribution in [0, 0.1) is 5.41 Å². The number of aliphatic hydroxyl groups excluding tert-OH is 1. The number of rotatable bonds is 5. The Hall–Kier alpha value is -2.61. The average Bonchev–Trinajstić information content (AvgIpc) is 2.97. The summed E-state index contributed by atoms with van der Waals surface area (Å²) in [6, 6.07) is 9.07. The largest absolute Gasteiger partial charge is 0.444 e. The van der Waals surface area contributed by atoms with Gasteiger partial charge in [0, 0.05) is 39.2 Å². The second kappa shape index (κ2) is 9.48. The standard InChI is InChI=1S/C24H35N3O5/c1-23(2,3)32-22(31)25-19(11-14-28)20(29)27-13-8-12-24(16-27)18(15-26(4)21(24)30)17-9-6-5-7-10-17/h5-7,9-10,18-19,28H,8,11-16H2,1-4H3,(H,25,31)/t18-,19+,24-/m0/s1. The summed E-state index contributed by atoms with van der Waals surface area (Å²) in [4.78, 5) is 42.4. The van der Waals surface area contributed by atoms with Gasteiger partial charge < -0.3 is 25.0 Å². The summed E-state index contributed by atoms with van der Waals surface area (Å²) >= 11 is 0. The molecule has 2 aliphatic heterocycles. The molecular weight excluding hydrogens is 410 g/mol. The number of carbonyl (C=O) groups excluding carboxylic acids is 3. The van der Waals surface area contributed by atoms with Crippen molar-refractivity contribution in [3.63, 3.8) is 0 Å². The van der Waals surface area contributed by atoms with Crippen LogP contribution in [0.25, 0.3) is 0 Å². The van der Waals surface area contributed by atoms with Crippen LogP contribution in [0.3, 0.4) is 0 Å². The van der Waals surface area contributed by atoms with Gasteiger partial charge in [0.2, 0.25) is 11.8 Å². The van der Waals surface area contributed by atoms with Crippen molar-refractivity contribution < 1.29 is 24.2 Å². The Morgan fingerprint density at radius 2 is 1.97 bits per heavy atom. The van der Waals surface area contributed by atoms with Gasteiger partial charge in [-0.25, -0.2) is 4.79 Å². The zero-order chi connectivity index (χ0) is 23.5. The molecule has 2 fully saturated rings. The lowest BCUT2D eigenvalue weighted by Crippen LogP contribution is -2.56. The molecule has 0 saturated carbocycles. The Kier molecular flexibility index (Phi) is 7.12. The molecule has 0 aromatic heterocycles. The Bertz CT molecular complexity index is 838. The molecule has 3 atom stereocenters. The normalized spacial score (nSPS) is 24.5. The van der Waals surface area contributed by atoms with Gasteiger partial charge in [0.05, 0.1) is 5.41 Å². The molecule has 1 spiro atoms. The van der Waals surface area contributed by atoms with Gasteiger partial charge in [-0.15, -0.1) is 0 Å². The fraction of sp³-hybridized carbons (Fsp3) is 0.625. The fourth-order valence-electron chi connectivity index (χ4n) is 4.96. The van der Waals surface area contributed by atoms with E-state index in [0.717, 1.165) is 5.56 Å². The molecule has 2 N–H and O–H groups in total. The Morgan fingerprint density at radius 1 is 1.28 bits per heavy atom. The first-order valence-electron chi connectivity index (χ1n) is 11.3. The smallest absolute Gasteiger partial charge is 0.408 e. The summed E-state index contributed by atoms with van der Waals surface area (Å²) in [7, 11) is 1.81. The molecule has 3 rings (SSSR count). The minimum Gasteiger partial charge on any atom is -0.444 e. The summed E-state index contributed by atoms with van der Waals surface area (Å²) in [5.74, 6) is -0.243. The van der Waals surface area contributed by atoms with E-state index in [-0.39, 0.29) is 30.8 Å². The van der Waals surface area contributed by atoms with Crippen LogP contribution in [-0.4, -0.2) is 77.7 Å². The number of alkyl carbamates (subject to hydrolysis) is 1. The van der Waals surface area contributed by atoms with Gasteiger partial charge in [-0.1, -0.05) is 30.3 Å². The van der Waals surface area contributed by atoms with Crippen molar-refractivity contribution in [1.29, 1.82) is 0 Å². The lowest BCUT2D eigenvalue weighted by molar-refractivity contribution is -0.144. The number of likely N-dealkylation sites (N-methyl/N-ethyl adjacent to an activating group) is 1. The Morgan fingerprint density at radius 3 is 2.59 bits per heavy atom. The quantitative estimate of drug-likeness (QED) is 0.723. The van der Waals surface area contributed by atoms with Crippen LogP contribution < -0.4 is 5.32 Å². The highest BCUT2D eigenvalue weighted by Gasteiger charge is 2.55. The van der Waals surface area contributed by atoms with Crippen LogP contribution in [0.4, 0.5) is 4.79 Å². The van der Waals surface area contributed by atoms with E-state index >= 15 is 0 Å². The van der Waals surface area contributed by atoms with Gasteiger partial charge in [-0.2, -0.15) is 0 Å². The molecule has 1 aromatic rings. The summed E-state index contributed by atoms with van der Waals surface area (Å²) in [6.45, 7) is 6.41. The van der Waals surface area contributed by atoms with Crippen molar-refractivity contribution in [1.82, 2.24) is 15.1 Å². The minimum absolute atomic E-state index is 0.00749. The molecule has 0 aliphatic carbocycles.